The van der Waals surface area contributed by atoms with Gasteiger partial charge in [0.25, 0.3) is 0 Å². The highest BCUT2D eigenvalue weighted by Gasteiger charge is 2.52. The molecule has 382 valence electrons. The van der Waals surface area contributed by atoms with Crippen molar-refractivity contribution >= 4 is 50.4 Å². The van der Waals surface area contributed by atoms with Gasteiger partial charge in [-0.15, -0.1) is 0 Å². The number of benzene rings is 14. The highest BCUT2D eigenvalue weighted by Crippen LogP contribution is 2.63. The molecule has 0 saturated heterocycles. The summed E-state index contributed by atoms with van der Waals surface area (Å²) in [5.41, 5.74) is 22.1. The molecular weight excluding hydrogens is 1000 g/mol. The molecule has 16 rings (SSSR count). The predicted octanol–water partition coefficient (Wildman–Crippen LogP) is 18.0. The average molecular weight is 1060 g/mol. The predicted molar refractivity (Wildman–Crippen MR) is 349 cm³/mol. The van der Waals surface area contributed by atoms with E-state index in [2.05, 4.69) is 328 Å². The van der Waals surface area contributed by atoms with Crippen molar-refractivity contribution in [3.8, 4) is 77.9 Å². The summed E-state index contributed by atoms with van der Waals surface area (Å²) >= 11 is 0. The first-order valence-corrected chi connectivity index (χ1v) is 30.6. The van der Waals surface area contributed by atoms with Crippen LogP contribution in [0.3, 0.4) is 0 Å². The van der Waals surface area contributed by atoms with E-state index in [4.69, 9.17) is 0 Å². The number of rotatable bonds is 9. The molecule has 2 aliphatic rings. The van der Waals surface area contributed by atoms with Crippen LogP contribution in [0, 0.1) is 0 Å². The molecule has 0 N–H and O–H groups in total. The van der Waals surface area contributed by atoms with Crippen LogP contribution in [0.5, 0.6) is 0 Å². The van der Waals surface area contributed by atoms with Crippen LogP contribution in [0.25, 0.3) is 99.4 Å². The highest BCUT2D eigenvalue weighted by atomic mass is 28.3. The molecule has 0 fully saturated rings. The summed E-state index contributed by atoms with van der Waals surface area (Å²) in [6, 6.07) is 124. The first-order chi connectivity index (χ1) is 40.7. The van der Waals surface area contributed by atoms with E-state index in [9.17, 15) is 0 Å². The second-order valence-electron chi connectivity index (χ2n) is 22.1. The minimum Gasteiger partial charge on any atom is -0.0623 e. The SMILES string of the molecule is c1ccc(-c2ccc3c(c2)C2(c4ccccc4-c4ccccc42)c2cc(-c4cc(-c5c6ccccc6c(-c6ccccc6-c6ccccc6)c6ccccc56)cc([Si](c5ccccc5)(c5ccccc5)c5ccccc5)c4)ccc2-3)cc1. The van der Waals surface area contributed by atoms with Crippen LogP contribution < -0.4 is 20.7 Å². The van der Waals surface area contributed by atoms with Crippen LogP contribution in [0.4, 0.5) is 0 Å². The lowest BCUT2D eigenvalue weighted by atomic mass is 9.70. The summed E-state index contributed by atoms with van der Waals surface area (Å²) in [5, 5.41) is 10.3. The van der Waals surface area contributed by atoms with Crippen molar-refractivity contribution in [3.05, 3.63) is 350 Å². The van der Waals surface area contributed by atoms with Gasteiger partial charge in [-0.3, -0.25) is 0 Å². The molecular formula is C81H54Si. The zero-order valence-electron chi connectivity index (χ0n) is 45.2. The van der Waals surface area contributed by atoms with E-state index in [1.807, 2.05) is 0 Å². The molecule has 82 heavy (non-hydrogen) atoms. The van der Waals surface area contributed by atoms with Gasteiger partial charge in [-0.25, -0.2) is 0 Å². The summed E-state index contributed by atoms with van der Waals surface area (Å²) < 4.78 is 0. The van der Waals surface area contributed by atoms with Gasteiger partial charge in [-0.2, -0.15) is 0 Å². The molecule has 14 aromatic rings. The first-order valence-electron chi connectivity index (χ1n) is 28.6. The molecule has 0 radical (unpaired) electrons. The Hall–Kier alpha value is -10.2. The molecule has 0 aliphatic heterocycles. The van der Waals surface area contributed by atoms with Crippen LogP contribution in [0.2, 0.25) is 0 Å². The van der Waals surface area contributed by atoms with Gasteiger partial charge in [0, 0.05) is 0 Å². The summed E-state index contributed by atoms with van der Waals surface area (Å²) in [6.45, 7) is 0. The fraction of sp³-hybridized carbons (Fsp3) is 0.0123. The van der Waals surface area contributed by atoms with E-state index < -0.39 is 13.5 Å². The largest absolute Gasteiger partial charge is 0.179 e. The lowest BCUT2D eigenvalue weighted by Gasteiger charge is -2.35. The Balaban J connectivity index is 1.02. The van der Waals surface area contributed by atoms with Crippen LogP contribution in [-0.4, -0.2) is 8.07 Å². The number of hydrogen-bond acceptors (Lipinski definition) is 0. The third-order valence-electron chi connectivity index (χ3n) is 18.0. The van der Waals surface area contributed by atoms with E-state index in [0.717, 1.165) is 0 Å². The quantitative estimate of drug-likeness (QED) is 0.0768. The Kier molecular flexibility index (Phi) is 11.2. The van der Waals surface area contributed by atoms with Gasteiger partial charge >= 0.3 is 0 Å². The normalized spacial score (nSPS) is 12.7. The topological polar surface area (TPSA) is 0 Å². The van der Waals surface area contributed by atoms with Gasteiger partial charge in [0.2, 0.25) is 0 Å². The fourth-order valence-electron chi connectivity index (χ4n) is 14.6. The van der Waals surface area contributed by atoms with E-state index in [1.165, 1.54) is 142 Å². The van der Waals surface area contributed by atoms with Crippen LogP contribution in [-0.2, 0) is 5.41 Å². The zero-order chi connectivity index (χ0) is 54.2. The van der Waals surface area contributed by atoms with Crippen molar-refractivity contribution in [2.45, 2.75) is 5.41 Å². The monoisotopic (exact) mass is 1050 g/mol. The maximum atomic E-state index is 2.59. The van der Waals surface area contributed by atoms with Crippen LogP contribution in [0.1, 0.15) is 22.3 Å². The Morgan fingerprint density at radius 3 is 1.02 bits per heavy atom. The summed E-state index contributed by atoms with van der Waals surface area (Å²) in [5.74, 6) is 0. The van der Waals surface area contributed by atoms with Crippen LogP contribution >= 0.6 is 0 Å². The van der Waals surface area contributed by atoms with Crippen molar-refractivity contribution in [1.29, 1.82) is 0 Å². The Morgan fingerprint density at radius 1 is 0.183 bits per heavy atom. The van der Waals surface area contributed by atoms with E-state index in [0.29, 0.717) is 0 Å². The van der Waals surface area contributed by atoms with E-state index in [-0.39, 0.29) is 0 Å². The van der Waals surface area contributed by atoms with Gasteiger partial charge in [0.15, 0.2) is 8.07 Å². The average Bonchev–Trinajstić information content (AvgIpc) is 2.44. The van der Waals surface area contributed by atoms with Gasteiger partial charge in [-0.1, -0.05) is 309 Å². The van der Waals surface area contributed by atoms with Crippen molar-refractivity contribution < 1.29 is 0 Å². The molecule has 1 heteroatoms. The lowest BCUT2D eigenvalue weighted by Crippen LogP contribution is -2.74. The second-order valence-corrected chi connectivity index (χ2v) is 25.9. The minimum absolute atomic E-state index is 0.548. The molecule has 0 unspecified atom stereocenters. The van der Waals surface area contributed by atoms with E-state index >= 15 is 0 Å². The van der Waals surface area contributed by atoms with Crippen molar-refractivity contribution in [2.75, 3.05) is 0 Å². The van der Waals surface area contributed by atoms with Crippen molar-refractivity contribution in [2.24, 2.45) is 0 Å². The van der Waals surface area contributed by atoms with Crippen molar-refractivity contribution in [3.63, 3.8) is 0 Å². The summed E-state index contributed by atoms with van der Waals surface area (Å²) in [6.07, 6.45) is 0. The standard InChI is InChI=1S/C81H54Si/c1-6-26-55(27-7-1)57-46-48-68-69-49-47-58(54-78(69)81(77(68)53-57)75-44-24-22-37-66(75)67-38-23-25-45-76(67)81)59-50-60(52-64(51-59)82(61-30-10-3-11-31-61,62-32-12-4-13-33-62)63-34-14-5-15-35-63)79-71-40-18-20-42-73(71)80(74-43-21-19-41-72(74)79)70-39-17-16-36-65(70)56-28-8-2-9-29-56/h1-54H. The van der Waals surface area contributed by atoms with E-state index in [1.54, 1.807) is 0 Å². The fourth-order valence-corrected chi connectivity index (χ4v) is 19.5. The smallest absolute Gasteiger partial charge is 0.0623 e. The third-order valence-corrected chi connectivity index (χ3v) is 22.8. The number of fused-ring (bicyclic) bond motifs is 12. The Morgan fingerprint density at radius 2 is 0.537 bits per heavy atom. The molecule has 0 heterocycles. The molecule has 14 aromatic carbocycles. The van der Waals surface area contributed by atoms with Gasteiger partial charge in [0.1, 0.15) is 0 Å². The molecule has 0 aromatic heterocycles. The van der Waals surface area contributed by atoms with Gasteiger partial charge in [0.05, 0.1) is 5.41 Å². The second kappa shape index (κ2) is 19.3. The molecule has 2 aliphatic carbocycles. The maximum absolute atomic E-state index is 3.11. The van der Waals surface area contributed by atoms with Gasteiger partial charge < -0.3 is 0 Å². The third kappa shape index (κ3) is 7.16. The number of hydrogen-bond donors (Lipinski definition) is 0. The Labute approximate surface area is 480 Å². The molecule has 0 amide bonds. The zero-order valence-corrected chi connectivity index (χ0v) is 46.2. The molecule has 0 saturated carbocycles. The van der Waals surface area contributed by atoms with Gasteiger partial charge in [-0.05, 0) is 161 Å². The van der Waals surface area contributed by atoms with Crippen LogP contribution in [0.15, 0.2) is 328 Å². The lowest BCUT2D eigenvalue weighted by molar-refractivity contribution is 0.794. The van der Waals surface area contributed by atoms with Crippen molar-refractivity contribution in [1.82, 2.24) is 0 Å². The molecule has 1 spiro atoms. The first kappa shape index (κ1) is 47.8. The molecule has 0 bridgehead atoms. The molecule has 0 atom stereocenters. The minimum atomic E-state index is -3.11. The summed E-state index contributed by atoms with van der Waals surface area (Å²) in [4.78, 5) is 0. The maximum Gasteiger partial charge on any atom is 0.179 e. The molecule has 0 nitrogen and oxygen atoms in total. The highest BCUT2D eigenvalue weighted by molar-refractivity contribution is 7.20. The summed E-state index contributed by atoms with van der Waals surface area (Å²) in [7, 11) is -3.11. The Bertz CT molecular complexity index is 4570.